The first-order chi connectivity index (χ1) is 9.47. The van der Waals surface area contributed by atoms with E-state index in [1.54, 1.807) is 11.8 Å². The van der Waals surface area contributed by atoms with Gasteiger partial charge in [-0.15, -0.1) is 0 Å². The van der Waals surface area contributed by atoms with Gasteiger partial charge in [0.05, 0.1) is 24.0 Å². The number of nitrogens with two attached hydrogens (primary N) is 1. The molecule has 0 radical (unpaired) electrons. The maximum Gasteiger partial charge on any atom is 0.241 e. The molecule has 1 fully saturated rings. The van der Waals surface area contributed by atoms with Gasteiger partial charge < -0.3 is 16.4 Å². The van der Waals surface area contributed by atoms with E-state index in [4.69, 9.17) is 5.73 Å². The number of halogens is 1. The molecule has 7 heteroatoms. The van der Waals surface area contributed by atoms with Crippen molar-refractivity contribution < 1.29 is 14.0 Å². The summed E-state index contributed by atoms with van der Waals surface area (Å²) in [4.78, 5) is 25.2. The molecule has 108 valence electrons. The van der Waals surface area contributed by atoms with E-state index in [1.807, 2.05) is 0 Å². The average molecular weight is 280 g/mol. The Morgan fingerprint density at radius 2 is 2.30 bits per heavy atom. The highest BCUT2D eigenvalue weighted by Gasteiger charge is 2.26. The molecular formula is C13H17FN4O2. The standard InChI is InChI=1S/C13H17FN4O2/c1-8(18-5-4-16-12(19)7-18)13(20)17-11-3-2-9(14)6-10(11)15/h2-3,6,8H,4-5,7,15H2,1H3,(H,16,19)(H,17,20). The molecule has 0 aliphatic carbocycles. The number of hydrogen-bond donors (Lipinski definition) is 3. The number of anilines is 2. The molecule has 2 amide bonds. The van der Waals surface area contributed by atoms with Crippen LogP contribution in [0.5, 0.6) is 0 Å². The van der Waals surface area contributed by atoms with Gasteiger partial charge in [0, 0.05) is 13.1 Å². The first kappa shape index (κ1) is 14.3. The number of nitrogens with zero attached hydrogens (tertiary/aromatic N) is 1. The number of hydrogen-bond acceptors (Lipinski definition) is 4. The molecule has 0 saturated carbocycles. The molecule has 1 aliphatic rings. The van der Waals surface area contributed by atoms with E-state index in [2.05, 4.69) is 10.6 Å². The molecule has 1 heterocycles. The molecule has 1 saturated heterocycles. The zero-order valence-corrected chi connectivity index (χ0v) is 11.1. The summed E-state index contributed by atoms with van der Waals surface area (Å²) >= 11 is 0. The molecule has 20 heavy (non-hydrogen) atoms. The number of benzene rings is 1. The highest BCUT2D eigenvalue weighted by Crippen LogP contribution is 2.19. The van der Waals surface area contributed by atoms with E-state index < -0.39 is 11.9 Å². The van der Waals surface area contributed by atoms with E-state index in [9.17, 15) is 14.0 Å². The van der Waals surface area contributed by atoms with Crippen LogP contribution in [0.25, 0.3) is 0 Å². The largest absolute Gasteiger partial charge is 0.397 e. The molecule has 0 aromatic heterocycles. The summed E-state index contributed by atoms with van der Waals surface area (Å²) in [5.74, 6) is -0.837. The lowest BCUT2D eigenvalue weighted by atomic mass is 10.2. The summed E-state index contributed by atoms with van der Waals surface area (Å²) in [5, 5.41) is 5.34. The molecule has 0 bridgehead atoms. The van der Waals surface area contributed by atoms with Gasteiger partial charge in [0.1, 0.15) is 5.82 Å². The summed E-state index contributed by atoms with van der Waals surface area (Å²) in [6.07, 6.45) is 0. The van der Waals surface area contributed by atoms with Crippen molar-refractivity contribution in [1.29, 1.82) is 0 Å². The summed E-state index contributed by atoms with van der Waals surface area (Å²) in [6, 6.07) is 3.32. The van der Waals surface area contributed by atoms with E-state index in [-0.39, 0.29) is 24.0 Å². The van der Waals surface area contributed by atoms with Crippen molar-refractivity contribution in [2.24, 2.45) is 0 Å². The quantitative estimate of drug-likeness (QED) is 0.689. The van der Waals surface area contributed by atoms with Crippen LogP contribution in [0, 0.1) is 5.82 Å². The van der Waals surface area contributed by atoms with Gasteiger partial charge in [0.25, 0.3) is 0 Å². The third kappa shape index (κ3) is 3.24. The molecule has 0 spiro atoms. The predicted molar refractivity (Wildman–Crippen MR) is 73.5 cm³/mol. The number of rotatable bonds is 3. The van der Waals surface area contributed by atoms with Crippen LogP contribution < -0.4 is 16.4 Å². The topological polar surface area (TPSA) is 87.5 Å². The first-order valence-electron chi connectivity index (χ1n) is 6.34. The minimum absolute atomic E-state index is 0.0998. The molecule has 1 atom stereocenters. The molecule has 2 rings (SSSR count). The third-order valence-corrected chi connectivity index (χ3v) is 3.27. The first-order valence-corrected chi connectivity index (χ1v) is 6.34. The average Bonchev–Trinajstić information content (AvgIpc) is 2.41. The van der Waals surface area contributed by atoms with Crippen molar-refractivity contribution in [3.8, 4) is 0 Å². The maximum absolute atomic E-state index is 12.9. The van der Waals surface area contributed by atoms with Crippen LogP contribution in [-0.4, -0.2) is 42.4 Å². The van der Waals surface area contributed by atoms with Crippen molar-refractivity contribution in [3.63, 3.8) is 0 Å². The van der Waals surface area contributed by atoms with Crippen LogP contribution in [0.2, 0.25) is 0 Å². The molecular weight excluding hydrogens is 263 g/mol. The molecule has 1 aromatic carbocycles. The van der Waals surface area contributed by atoms with Crippen LogP contribution in [0.4, 0.5) is 15.8 Å². The van der Waals surface area contributed by atoms with Gasteiger partial charge in [-0.2, -0.15) is 0 Å². The van der Waals surface area contributed by atoms with Crippen molar-refractivity contribution in [1.82, 2.24) is 10.2 Å². The number of carbonyl (C=O) groups excluding carboxylic acids is 2. The fraction of sp³-hybridized carbons (Fsp3) is 0.385. The number of carbonyl (C=O) groups is 2. The monoisotopic (exact) mass is 280 g/mol. The van der Waals surface area contributed by atoms with Gasteiger partial charge in [-0.25, -0.2) is 4.39 Å². The lowest BCUT2D eigenvalue weighted by molar-refractivity contribution is -0.127. The Morgan fingerprint density at radius 1 is 1.55 bits per heavy atom. The third-order valence-electron chi connectivity index (χ3n) is 3.27. The van der Waals surface area contributed by atoms with Gasteiger partial charge in [-0.3, -0.25) is 14.5 Å². The molecule has 4 N–H and O–H groups in total. The summed E-state index contributed by atoms with van der Waals surface area (Å²) in [6.45, 7) is 3.04. The van der Waals surface area contributed by atoms with Gasteiger partial charge in [0.15, 0.2) is 0 Å². The number of nitrogen functional groups attached to an aromatic ring is 1. The molecule has 6 nitrogen and oxygen atoms in total. The van der Waals surface area contributed by atoms with Gasteiger partial charge in [-0.1, -0.05) is 0 Å². The Hall–Kier alpha value is -2.15. The van der Waals surface area contributed by atoms with Crippen LogP contribution >= 0.6 is 0 Å². The SMILES string of the molecule is CC(C(=O)Nc1ccc(F)cc1N)N1CCNC(=O)C1. The van der Waals surface area contributed by atoms with Crippen molar-refractivity contribution in [3.05, 3.63) is 24.0 Å². The van der Waals surface area contributed by atoms with Crippen LogP contribution in [0.3, 0.4) is 0 Å². The summed E-state index contributed by atoms with van der Waals surface area (Å²) in [5.41, 5.74) is 6.17. The van der Waals surface area contributed by atoms with Gasteiger partial charge in [-0.05, 0) is 25.1 Å². The number of amides is 2. The molecule has 1 unspecified atom stereocenters. The van der Waals surface area contributed by atoms with E-state index in [0.717, 1.165) is 6.07 Å². The second kappa shape index (κ2) is 5.87. The summed E-state index contributed by atoms with van der Waals surface area (Å²) in [7, 11) is 0. The van der Waals surface area contributed by atoms with Crippen LogP contribution in [0.1, 0.15) is 6.92 Å². The second-order valence-corrected chi connectivity index (χ2v) is 4.72. The fourth-order valence-electron chi connectivity index (χ4n) is 2.04. The van der Waals surface area contributed by atoms with Crippen molar-refractivity contribution in [2.45, 2.75) is 13.0 Å². The Kier molecular flexibility index (Phi) is 4.19. The Bertz CT molecular complexity index is 535. The predicted octanol–water partition coefficient (Wildman–Crippen LogP) is 0.167. The highest BCUT2D eigenvalue weighted by atomic mass is 19.1. The fourth-order valence-corrected chi connectivity index (χ4v) is 2.04. The minimum Gasteiger partial charge on any atom is -0.397 e. The van der Waals surface area contributed by atoms with Crippen LogP contribution in [0.15, 0.2) is 18.2 Å². The smallest absolute Gasteiger partial charge is 0.241 e. The Labute approximate surface area is 116 Å². The normalized spacial score (nSPS) is 17.4. The van der Waals surface area contributed by atoms with Crippen molar-refractivity contribution in [2.75, 3.05) is 30.7 Å². The van der Waals surface area contributed by atoms with E-state index >= 15 is 0 Å². The van der Waals surface area contributed by atoms with Gasteiger partial charge >= 0.3 is 0 Å². The van der Waals surface area contributed by atoms with Gasteiger partial charge in [0.2, 0.25) is 11.8 Å². The van der Waals surface area contributed by atoms with Crippen molar-refractivity contribution >= 4 is 23.2 Å². The zero-order chi connectivity index (χ0) is 14.7. The zero-order valence-electron chi connectivity index (χ0n) is 11.1. The summed E-state index contributed by atoms with van der Waals surface area (Å²) < 4.78 is 12.9. The second-order valence-electron chi connectivity index (χ2n) is 4.72. The Morgan fingerprint density at radius 3 is 2.95 bits per heavy atom. The molecule has 1 aliphatic heterocycles. The highest BCUT2D eigenvalue weighted by molar-refractivity contribution is 5.97. The van der Waals surface area contributed by atoms with Crippen LogP contribution in [-0.2, 0) is 9.59 Å². The lowest BCUT2D eigenvalue weighted by Crippen LogP contribution is -2.53. The minimum atomic E-state index is -0.467. The van der Waals surface area contributed by atoms with E-state index in [1.165, 1.54) is 12.1 Å². The van der Waals surface area contributed by atoms with E-state index in [0.29, 0.717) is 18.8 Å². The lowest BCUT2D eigenvalue weighted by Gasteiger charge is -2.31. The maximum atomic E-state index is 12.9. The molecule has 1 aromatic rings. The number of nitrogens with one attached hydrogen (secondary N) is 2. The number of piperazine rings is 1. The Balaban J connectivity index is 2.01.